The molecule has 1 aliphatic rings. The van der Waals surface area contributed by atoms with Gasteiger partial charge in [-0.05, 0) is 38.3 Å². The van der Waals surface area contributed by atoms with Crippen LogP contribution in [0.15, 0.2) is 12.2 Å². The van der Waals surface area contributed by atoms with Gasteiger partial charge in [0.05, 0.1) is 0 Å². The third kappa shape index (κ3) is 2.66. The topological polar surface area (TPSA) is 49.3 Å². The van der Waals surface area contributed by atoms with E-state index < -0.39 is 5.97 Å². The summed E-state index contributed by atoms with van der Waals surface area (Å²) >= 11 is 0. The Balaban J connectivity index is 2.29. The Labute approximate surface area is 72.5 Å². The van der Waals surface area contributed by atoms with E-state index in [0.717, 1.165) is 25.9 Å². The van der Waals surface area contributed by atoms with Crippen molar-refractivity contribution in [3.05, 3.63) is 12.2 Å². The molecule has 0 amide bonds. The SMILES string of the molecule is C=C(CC1CCNCC1)C(=O)O. The first kappa shape index (κ1) is 9.26. The van der Waals surface area contributed by atoms with Gasteiger partial charge in [-0.1, -0.05) is 6.58 Å². The number of carbonyl (C=O) groups is 1. The van der Waals surface area contributed by atoms with E-state index in [9.17, 15) is 4.79 Å². The molecule has 0 unspecified atom stereocenters. The largest absolute Gasteiger partial charge is 0.478 e. The number of nitrogens with one attached hydrogen (secondary N) is 1. The molecular weight excluding hydrogens is 154 g/mol. The van der Waals surface area contributed by atoms with Crippen LogP contribution in [0.25, 0.3) is 0 Å². The summed E-state index contributed by atoms with van der Waals surface area (Å²) in [6, 6.07) is 0. The maximum absolute atomic E-state index is 10.5. The van der Waals surface area contributed by atoms with Gasteiger partial charge in [-0.25, -0.2) is 4.79 Å². The quantitative estimate of drug-likeness (QED) is 0.620. The monoisotopic (exact) mass is 169 g/mol. The first-order valence-corrected chi connectivity index (χ1v) is 4.32. The molecule has 0 radical (unpaired) electrons. The summed E-state index contributed by atoms with van der Waals surface area (Å²) in [5.74, 6) is -0.330. The van der Waals surface area contributed by atoms with Crippen LogP contribution in [-0.4, -0.2) is 24.2 Å². The lowest BCUT2D eigenvalue weighted by atomic mass is 9.91. The van der Waals surface area contributed by atoms with E-state index in [-0.39, 0.29) is 0 Å². The lowest BCUT2D eigenvalue weighted by Crippen LogP contribution is -2.28. The molecule has 2 N–H and O–H groups in total. The first-order valence-electron chi connectivity index (χ1n) is 4.32. The minimum Gasteiger partial charge on any atom is -0.478 e. The summed E-state index contributed by atoms with van der Waals surface area (Å²) in [6.07, 6.45) is 2.80. The number of carboxylic acid groups (broad SMARTS) is 1. The van der Waals surface area contributed by atoms with Crippen LogP contribution in [0.4, 0.5) is 0 Å². The molecule has 1 rings (SSSR count). The fourth-order valence-electron chi connectivity index (χ4n) is 1.52. The van der Waals surface area contributed by atoms with Gasteiger partial charge in [0.2, 0.25) is 0 Å². The molecule has 0 aromatic heterocycles. The number of piperidine rings is 1. The fourth-order valence-corrected chi connectivity index (χ4v) is 1.52. The average molecular weight is 169 g/mol. The van der Waals surface area contributed by atoms with Crippen molar-refractivity contribution in [1.29, 1.82) is 0 Å². The van der Waals surface area contributed by atoms with Crippen LogP contribution in [0.5, 0.6) is 0 Å². The Morgan fingerprint density at radius 1 is 1.50 bits per heavy atom. The second-order valence-corrected chi connectivity index (χ2v) is 3.31. The van der Waals surface area contributed by atoms with Crippen molar-refractivity contribution < 1.29 is 9.90 Å². The normalized spacial score (nSPS) is 19.0. The van der Waals surface area contributed by atoms with Crippen molar-refractivity contribution in [2.75, 3.05) is 13.1 Å². The molecule has 0 aromatic carbocycles. The van der Waals surface area contributed by atoms with Crippen LogP contribution in [-0.2, 0) is 4.79 Å². The average Bonchev–Trinajstić information content (AvgIpc) is 2.06. The van der Waals surface area contributed by atoms with E-state index in [0.29, 0.717) is 17.9 Å². The van der Waals surface area contributed by atoms with Gasteiger partial charge in [-0.3, -0.25) is 0 Å². The number of hydrogen-bond donors (Lipinski definition) is 2. The molecule has 1 aliphatic heterocycles. The minimum atomic E-state index is -0.853. The van der Waals surface area contributed by atoms with Crippen LogP contribution < -0.4 is 5.32 Å². The summed E-state index contributed by atoms with van der Waals surface area (Å²) in [6.45, 7) is 5.55. The Bertz CT molecular complexity index is 183. The van der Waals surface area contributed by atoms with Crippen molar-refractivity contribution in [2.24, 2.45) is 5.92 Å². The molecule has 0 aromatic rings. The smallest absolute Gasteiger partial charge is 0.330 e. The summed E-state index contributed by atoms with van der Waals surface area (Å²) in [7, 11) is 0. The zero-order valence-corrected chi connectivity index (χ0v) is 7.18. The van der Waals surface area contributed by atoms with Crippen LogP contribution in [0, 0.1) is 5.92 Å². The Kier molecular flexibility index (Phi) is 3.29. The van der Waals surface area contributed by atoms with E-state index in [1.165, 1.54) is 0 Å². The zero-order chi connectivity index (χ0) is 8.97. The molecule has 1 saturated heterocycles. The maximum atomic E-state index is 10.5. The Hall–Kier alpha value is -0.830. The van der Waals surface area contributed by atoms with E-state index in [1.807, 2.05) is 0 Å². The number of hydrogen-bond acceptors (Lipinski definition) is 2. The van der Waals surface area contributed by atoms with Crippen LogP contribution >= 0.6 is 0 Å². The highest BCUT2D eigenvalue weighted by atomic mass is 16.4. The Morgan fingerprint density at radius 2 is 2.08 bits per heavy atom. The van der Waals surface area contributed by atoms with Gasteiger partial charge in [0.25, 0.3) is 0 Å². The van der Waals surface area contributed by atoms with Crippen molar-refractivity contribution >= 4 is 5.97 Å². The predicted octanol–water partition coefficient (Wildman–Crippen LogP) is 1.02. The molecule has 1 heterocycles. The molecule has 3 heteroatoms. The predicted molar refractivity (Wildman–Crippen MR) is 47.0 cm³/mol. The van der Waals surface area contributed by atoms with Crippen LogP contribution in [0.2, 0.25) is 0 Å². The van der Waals surface area contributed by atoms with E-state index in [2.05, 4.69) is 11.9 Å². The molecule has 0 saturated carbocycles. The van der Waals surface area contributed by atoms with Gasteiger partial charge < -0.3 is 10.4 Å². The third-order valence-corrected chi connectivity index (χ3v) is 2.30. The van der Waals surface area contributed by atoms with Crippen molar-refractivity contribution in [2.45, 2.75) is 19.3 Å². The summed E-state index contributed by atoms with van der Waals surface area (Å²) in [5.41, 5.74) is 0.349. The van der Waals surface area contributed by atoms with Crippen LogP contribution in [0.1, 0.15) is 19.3 Å². The van der Waals surface area contributed by atoms with Crippen LogP contribution in [0.3, 0.4) is 0 Å². The van der Waals surface area contributed by atoms with Crippen molar-refractivity contribution in [3.8, 4) is 0 Å². The van der Waals surface area contributed by atoms with Crippen molar-refractivity contribution in [1.82, 2.24) is 5.32 Å². The van der Waals surface area contributed by atoms with Crippen molar-refractivity contribution in [3.63, 3.8) is 0 Å². The van der Waals surface area contributed by atoms with Gasteiger partial charge >= 0.3 is 5.97 Å². The summed E-state index contributed by atoms with van der Waals surface area (Å²) in [5, 5.41) is 11.8. The highest BCUT2D eigenvalue weighted by molar-refractivity contribution is 5.85. The third-order valence-electron chi connectivity index (χ3n) is 2.30. The second kappa shape index (κ2) is 4.26. The highest BCUT2D eigenvalue weighted by Crippen LogP contribution is 2.19. The first-order chi connectivity index (χ1) is 5.70. The van der Waals surface area contributed by atoms with E-state index in [4.69, 9.17) is 5.11 Å². The molecule has 0 spiro atoms. The number of carboxylic acids is 1. The van der Waals surface area contributed by atoms with Gasteiger partial charge in [-0.2, -0.15) is 0 Å². The highest BCUT2D eigenvalue weighted by Gasteiger charge is 2.16. The molecule has 0 atom stereocenters. The summed E-state index contributed by atoms with van der Waals surface area (Å²) in [4.78, 5) is 10.5. The molecular formula is C9H15NO2. The molecule has 3 nitrogen and oxygen atoms in total. The Morgan fingerprint density at radius 3 is 2.58 bits per heavy atom. The molecule has 0 aliphatic carbocycles. The van der Waals surface area contributed by atoms with E-state index >= 15 is 0 Å². The number of rotatable bonds is 3. The molecule has 68 valence electrons. The van der Waals surface area contributed by atoms with E-state index in [1.54, 1.807) is 0 Å². The lowest BCUT2D eigenvalue weighted by molar-refractivity contribution is -0.132. The van der Waals surface area contributed by atoms with Gasteiger partial charge in [0.1, 0.15) is 0 Å². The van der Waals surface area contributed by atoms with Gasteiger partial charge in [0.15, 0.2) is 0 Å². The lowest BCUT2D eigenvalue weighted by Gasteiger charge is -2.22. The molecule has 0 bridgehead atoms. The zero-order valence-electron chi connectivity index (χ0n) is 7.18. The van der Waals surface area contributed by atoms with Gasteiger partial charge in [-0.15, -0.1) is 0 Å². The molecule has 1 fully saturated rings. The summed E-state index contributed by atoms with van der Waals surface area (Å²) < 4.78 is 0. The van der Waals surface area contributed by atoms with Gasteiger partial charge in [0, 0.05) is 5.57 Å². The maximum Gasteiger partial charge on any atom is 0.330 e. The standard InChI is InChI=1S/C9H15NO2/c1-7(9(11)12)6-8-2-4-10-5-3-8/h8,10H,1-6H2,(H,11,12). The fraction of sp³-hybridized carbons (Fsp3) is 0.667. The second-order valence-electron chi connectivity index (χ2n) is 3.31. The number of aliphatic carboxylic acids is 1. The minimum absolute atomic E-state index is 0.349. The molecule has 12 heavy (non-hydrogen) atoms.